The second-order valence-electron chi connectivity index (χ2n) is 5.94. The second-order valence-corrected chi connectivity index (χ2v) is 5.94. The van der Waals surface area contributed by atoms with Crippen molar-refractivity contribution in [3.05, 3.63) is 0 Å². The molecule has 0 unspecified atom stereocenters. The topological polar surface area (TPSA) is 58.6 Å². The molecule has 2 amide bonds. The Hall–Kier alpha value is -1.10. The van der Waals surface area contributed by atoms with Gasteiger partial charge in [-0.2, -0.15) is 0 Å². The van der Waals surface area contributed by atoms with Crippen LogP contribution >= 0.6 is 0 Å². The lowest BCUT2D eigenvalue weighted by atomic mass is 9.91. The van der Waals surface area contributed by atoms with Gasteiger partial charge in [-0.15, -0.1) is 0 Å². The molecular weight excluding hydrogens is 244 g/mol. The quantitative estimate of drug-likeness (QED) is 0.755. The van der Waals surface area contributed by atoms with E-state index in [1.807, 2.05) is 0 Å². The molecule has 0 radical (unpaired) electrons. The SMILES string of the molecule is CC(C)COCCN1C(=O)CNC(=O)C12CCCC2. The number of amides is 2. The first-order chi connectivity index (χ1) is 9.06. The van der Waals surface area contributed by atoms with E-state index in [0.29, 0.717) is 25.7 Å². The molecule has 0 atom stereocenters. The predicted octanol–water partition coefficient (Wildman–Crippen LogP) is 0.930. The number of ether oxygens (including phenoxy) is 1. The summed E-state index contributed by atoms with van der Waals surface area (Å²) in [5, 5.41) is 2.73. The molecule has 1 aliphatic heterocycles. The minimum absolute atomic E-state index is 0.0217. The lowest BCUT2D eigenvalue weighted by Crippen LogP contribution is -2.66. The number of nitrogens with zero attached hydrogens (tertiary/aromatic N) is 1. The van der Waals surface area contributed by atoms with Crippen molar-refractivity contribution >= 4 is 11.8 Å². The number of carbonyl (C=O) groups excluding carboxylic acids is 2. The fourth-order valence-corrected chi connectivity index (χ4v) is 3.05. The smallest absolute Gasteiger partial charge is 0.246 e. The molecule has 1 heterocycles. The summed E-state index contributed by atoms with van der Waals surface area (Å²) in [7, 11) is 0. The van der Waals surface area contributed by atoms with E-state index in [1.165, 1.54) is 0 Å². The van der Waals surface area contributed by atoms with Gasteiger partial charge >= 0.3 is 0 Å². The molecular formula is C14H24N2O3. The van der Waals surface area contributed by atoms with Gasteiger partial charge in [-0.3, -0.25) is 9.59 Å². The predicted molar refractivity (Wildman–Crippen MR) is 71.6 cm³/mol. The third-order valence-electron chi connectivity index (χ3n) is 3.98. The van der Waals surface area contributed by atoms with Crippen LogP contribution in [0.5, 0.6) is 0 Å². The van der Waals surface area contributed by atoms with Crippen molar-refractivity contribution in [2.75, 3.05) is 26.3 Å². The van der Waals surface area contributed by atoms with Gasteiger partial charge in [0.1, 0.15) is 5.54 Å². The molecule has 2 rings (SSSR count). The average Bonchev–Trinajstić information content (AvgIpc) is 2.83. The van der Waals surface area contributed by atoms with Crippen molar-refractivity contribution in [3.63, 3.8) is 0 Å². The van der Waals surface area contributed by atoms with Gasteiger partial charge in [0.15, 0.2) is 0 Å². The first-order valence-electron chi connectivity index (χ1n) is 7.23. The molecule has 1 saturated heterocycles. The molecule has 0 aromatic carbocycles. The highest BCUT2D eigenvalue weighted by Crippen LogP contribution is 2.37. The molecule has 0 aromatic rings. The molecule has 0 bridgehead atoms. The Morgan fingerprint density at radius 2 is 2.00 bits per heavy atom. The fourth-order valence-electron chi connectivity index (χ4n) is 3.05. The molecule has 5 nitrogen and oxygen atoms in total. The van der Waals surface area contributed by atoms with Gasteiger partial charge in [-0.05, 0) is 18.8 Å². The average molecular weight is 268 g/mol. The third-order valence-corrected chi connectivity index (χ3v) is 3.98. The summed E-state index contributed by atoms with van der Waals surface area (Å²) in [5.74, 6) is 0.531. The van der Waals surface area contributed by atoms with E-state index in [-0.39, 0.29) is 18.4 Å². The largest absolute Gasteiger partial charge is 0.379 e. The number of rotatable bonds is 5. The molecule has 1 saturated carbocycles. The molecule has 0 aromatic heterocycles. The van der Waals surface area contributed by atoms with Crippen LogP contribution in [0.1, 0.15) is 39.5 Å². The summed E-state index contributed by atoms with van der Waals surface area (Å²) in [5.41, 5.74) is -0.587. The Bertz CT molecular complexity index is 349. The molecule has 2 aliphatic rings. The van der Waals surface area contributed by atoms with Gasteiger partial charge in [0.05, 0.1) is 13.2 Å². The molecule has 1 N–H and O–H groups in total. The third kappa shape index (κ3) is 2.91. The van der Waals surface area contributed by atoms with Gasteiger partial charge in [-0.1, -0.05) is 26.7 Å². The van der Waals surface area contributed by atoms with Crippen molar-refractivity contribution < 1.29 is 14.3 Å². The normalized spacial score (nSPS) is 22.4. The minimum atomic E-state index is -0.587. The van der Waals surface area contributed by atoms with Crippen LogP contribution in [0.15, 0.2) is 0 Å². The lowest BCUT2D eigenvalue weighted by molar-refractivity contribution is -0.154. The summed E-state index contributed by atoms with van der Waals surface area (Å²) in [6.45, 7) is 6.06. The van der Waals surface area contributed by atoms with Crippen molar-refractivity contribution in [2.45, 2.75) is 45.1 Å². The van der Waals surface area contributed by atoms with Gasteiger partial charge in [0, 0.05) is 13.2 Å². The summed E-state index contributed by atoms with van der Waals surface area (Å²) in [6.07, 6.45) is 3.61. The van der Waals surface area contributed by atoms with Crippen LogP contribution in [-0.2, 0) is 14.3 Å². The van der Waals surface area contributed by atoms with E-state index >= 15 is 0 Å². The van der Waals surface area contributed by atoms with E-state index < -0.39 is 5.54 Å². The maximum Gasteiger partial charge on any atom is 0.246 e. The summed E-state index contributed by atoms with van der Waals surface area (Å²) < 4.78 is 5.56. The maximum absolute atomic E-state index is 12.2. The molecule has 1 spiro atoms. The van der Waals surface area contributed by atoms with Crippen LogP contribution in [0.4, 0.5) is 0 Å². The summed E-state index contributed by atoms with van der Waals surface area (Å²) >= 11 is 0. The first-order valence-corrected chi connectivity index (χ1v) is 7.23. The Morgan fingerprint density at radius 3 is 2.63 bits per heavy atom. The summed E-state index contributed by atoms with van der Waals surface area (Å²) in [6, 6.07) is 0. The first kappa shape index (κ1) is 14.3. The van der Waals surface area contributed by atoms with Crippen molar-refractivity contribution in [3.8, 4) is 0 Å². The number of piperazine rings is 1. The van der Waals surface area contributed by atoms with Crippen molar-refractivity contribution in [2.24, 2.45) is 5.92 Å². The second kappa shape index (κ2) is 5.90. The number of nitrogens with one attached hydrogen (secondary N) is 1. The Balaban J connectivity index is 1.97. The van der Waals surface area contributed by atoms with Crippen LogP contribution in [-0.4, -0.2) is 48.6 Å². The van der Waals surface area contributed by atoms with Crippen LogP contribution in [0.2, 0.25) is 0 Å². The van der Waals surface area contributed by atoms with E-state index in [2.05, 4.69) is 19.2 Å². The Kier molecular flexibility index (Phi) is 4.45. The zero-order chi connectivity index (χ0) is 13.9. The van der Waals surface area contributed by atoms with E-state index in [0.717, 1.165) is 25.7 Å². The van der Waals surface area contributed by atoms with Crippen LogP contribution in [0.3, 0.4) is 0 Å². The zero-order valence-corrected chi connectivity index (χ0v) is 11.9. The Labute approximate surface area is 114 Å². The molecule has 19 heavy (non-hydrogen) atoms. The number of hydrogen-bond acceptors (Lipinski definition) is 3. The monoisotopic (exact) mass is 268 g/mol. The highest BCUT2D eigenvalue weighted by Gasteiger charge is 2.50. The van der Waals surface area contributed by atoms with E-state index in [1.54, 1.807) is 4.90 Å². The Morgan fingerprint density at radius 1 is 1.32 bits per heavy atom. The number of hydrogen-bond donors (Lipinski definition) is 1. The van der Waals surface area contributed by atoms with E-state index in [9.17, 15) is 9.59 Å². The maximum atomic E-state index is 12.2. The zero-order valence-electron chi connectivity index (χ0n) is 11.9. The lowest BCUT2D eigenvalue weighted by Gasteiger charge is -2.43. The minimum Gasteiger partial charge on any atom is -0.379 e. The van der Waals surface area contributed by atoms with Gasteiger partial charge in [0.25, 0.3) is 0 Å². The van der Waals surface area contributed by atoms with Crippen molar-refractivity contribution in [1.29, 1.82) is 0 Å². The summed E-state index contributed by atoms with van der Waals surface area (Å²) in [4.78, 5) is 26.0. The van der Waals surface area contributed by atoms with Gasteiger partial charge in [0.2, 0.25) is 11.8 Å². The molecule has 108 valence electrons. The molecule has 2 fully saturated rings. The fraction of sp³-hybridized carbons (Fsp3) is 0.857. The van der Waals surface area contributed by atoms with Crippen LogP contribution < -0.4 is 5.32 Å². The van der Waals surface area contributed by atoms with Gasteiger partial charge in [-0.25, -0.2) is 0 Å². The van der Waals surface area contributed by atoms with Crippen molar-refractivity contribution in [1.82, 2.24) is 10.2 Å². The highest BCUT2D eigenvalue weighted by molar-refractivity contribution is 5.98. The molecule has 5 heteroatoms. The van der Waals surface area contributed by atoms with E-state index in [4.69, 9.17) is 4.74 Å². The van der Waals surface area contributed by atoms with Gasteiger partial charge < -0.3 is 15.0 Å². The van der Waals surface area contributed by atoms with Crippen LogP contribution in [0.25, 0.3) is 0 Å². The molecule has 1 aliphatic carbocycles. The van der Waals surface area contributed by atoms with Crippen LogP contribution in [0, 0.1) is 5.92 Å². The highest BCUT2D eigenvalue weighted by atomic mass is 16.5. The standard InChI is InChI=1S/C14H24N2O3/c1-11(2)10-19-8-7-16-12(17)9-15-13(18)14(16)5-3-4-6-14/h11H,3-10H2,1-2H3,(H,15,18). The number of carbonyl (C=O) groups is 2.